The number of hydrazine groups is 1. The third-order valence-corrected chi connectivity index (χ3v) is 3.56. The van der Waals surface area contributed by atoms with Crippen LogP contribution in [0.3, 0.4) is 0 Å². The third-order valence-electron chi connectivity index (χ3n) is 2.87. The van der Waals surface area contributed by atoms with Crippen LogP contribution in [0.1, 0.15) is 24.2 Å². The van der Waals surface area contributed by atoms with E-state index >= 15 is 0 Å². The molecule has 0 amide bonds. The first-order chi connectivity index (χ1) is 9.10. The number of benzene rings is 1. The van der Waals surface area contributed by atoms with Gasteiger partial charge in [-0.3, -0.25) is 10.5 Å². The second kappa shape index (κ2) is 5.88. The second-order valence-corrected chi connectivity index (χ2v) is 4.72. The van der Waals surface area contributed by atoms with Crippen LogP contribution in [0.2, 0.25) is 10.0 Å². The number of nitrogens with zero attached hydrogens (tertiary/aromatic N) is 2. The van der Waals surface area contributed by atoms with Crippen molar-refractivity contribution in [3.8, 4) is 0 Å². The van der Waals surface area contributed by atoms with E-state index in [1.54, 1.807) is 16.8 Å². The fourth-order valence-electron chi connectivity index (χ4n) is 1.97. The zero-order valence-corrected chi connectivity index (χ0v) is 11.7. The van der Waals surface area contributed by atoms with Crippen LogP contribution in [0.15, 0.2) is 24.4 Å². The predicted molar refractivity (Wildman–Crippen MR) is 73.5 cm³/mol. The highest BCUT2D eigenvalue weighted by molar-refractivity contribution is 6.32. The Morgan fingerprint density at radius 3 is 2.84 bits per heavy atom. The molecule has 0 aliphatic carbocycles. The van der Waals surface area contributed by atoms with Crippen LogP contribution in [-0.4, -0.2) is 9.78 Å². The number of halogens is 3. The van der Waals surface area contributed by atoms with E-state index < -0.39 is 11.9 Å². The monoisotopic (exact) mass is 302 g/mol. The van der Waals surface area contributed by atoms with Crippen LogP contribution >= 0.6 is 23.2 Å². The Balaban J connectivity index is 2.56. The Hall–Kier alpha value is -1.14. The van der Waals surface area contributed by atoms with Gasteiger partial charge in [-0.15, -0.1) is 0 Å². The fourth-order valence-corrected chi connectivity index (χ4v) is 2.46. The lowest BCUT2D eigenvalue weighted by molar-refractivity contribution is 0.540. The minimum atomic E-state index is -0.529. The lowest BCUT2D eigenvalue weighted by Gasteiger charge is -2.19. The average Bonchev–Trinajstić information content (AvgIpc) is 2.77. The minimum Gasteiger partial charge on any atom is -0.271 e. The van der Waals surface area contributed by atoms with Gasteiger partial charge in [0.25, 0.3) is 0 Å². The summed E-state index contributed by atoms with van der Waals surface area (Å²) in [6, 6.07) is 4.02. The largest absolute Gasteiger partial charge is 0.271 e. The van der Waals surface area contributed by atoms with E-state index in [0.29, 0.717) is 22.8 Å². The number of aromatic nitrogens is 2. The zero-order chi connectivity index (χ0) is 14.0. The Labute approximate surface area is 120 Å². The van der Waals surface area contributed by atoms with Gasteiger partial charge in [0.05, 0.1) is 28.0 Å². The summed E-state index contributed by atoms with van der Waals surface area (Å²) in [6.45, 7) is 2.54. The van der Waals surface area contributed by atoms with Crippen molar-refractivity contribution < 1.29 is 4.39 Å². The predicted octanol–water partition coefficient (Wildman–Crippen LogP) is 2.90. The number of nitrogens with one attached hydrogen (secondary N) is 1. The summed E-state index contributed by atoms with van der Waals surface area (Å²) in [4.78, 5) is 0. The molecule has 3 N–H and O–H groups in total. The molecule has 0 aliphatic heterocycles. The molecular formula is C12H13Cl2FN4. The summed E-state index contributed by atoms with van der Waals surface area (Å²) >= 11 is 12.1. The standard InChI is InChI=1S/C12H13Cl2FN4/c1-2-19-12(8(13)6-17-19)11(18-16)7-4-3-5-9(15)10(7)14/h3-6,11,18H,2,16H2,1H3. The first-order valence-electron chi connectivity index (χ1n) is 5.71. The van der Waals surface area contributed by atoms with Gasteiger partial charge in [-0.1, -0.05) is 35.3 Å². The lowest BCUT2D eigenvalue weighted by atomic mass is 10.0. The Bertz CT molecular complexity index is 585. The molecule has 1 aromatic carbocycles. The second-order valence-electron chi connectivity index (χ2n) is 3.94. The highest BCUT2D eigenvalue weighted by Gasteiger charge is 2.23. The van der Waals surface area contributed by atoms with E-state index in [1.165, 1.54) is 12.3 Å². The summed E-state index contributed by atoms with van der Waals surface area (Å²) in [5.41, 5.74) is 3.78. The first-order valence-corrected chi connectivity index (χ1v) is 6.47. The summed E-state index contributed by atoms with van der Waals surface area (Å²) < 4.78 is 15.2. The molecule has 7 heteroatoms. The maximum absolute atomic E-state index is 13.5. The molecule has 2 aromatic rings. The summed E-state index contributed by atoms with van der Waals surface area (Å²) in [5.74, 6) is 5.07. The molecule has 0 spiro atoms. The Morgan fingerprint density at radius 1 is 1.47 bits per heavy atom. The van der Waals surface area contributed by atoms with Crippen LogP contribution in [0.25, 0.3) is 0 Å². The highest BCUT2D eigenvalue weighted by atomic mass is 35.5. The van der Waals surface area contributed by atoms with Crippen LogP contribution in [0, 0.1) is 5.82 Å². The van der Waals surface area contributed by atoms with Gasteiger partial charge in [0, 0.05) is 6.54 Å². The van der Waals surface area contributed by atoms with E-state index in [-0.39, 0.29) is 5.02 Å². The van der Waals surface area contributed by atoms with Gasteiger partial charge in [-0.2, -0.15) is 5.10 Å². The Morgan fingerprint density at radius 2 is 2.21 bits per heavy atom. The smallest absolute Gasteiger partial charge is 0.142 e. The normalized spacial score (nSPS) is 12.7. The zero-order valence-electron chi connectivity index (χ0n) is 10.2. The number of hydrogen-bond donors (Lipinski definition) is 2. The molecule has 0 bridgehead atoms. The lowest BCUT2D eigenvalue weighted by Crippen LogP contribution is -2.31. The van der Waals surface area contributed by atoms with E-state index in [9.17, 15) is 4.39 Å². The molecule has 0 saturated heterocycles. The van der Waals surface area contributed by atoms with Crippen LogP contribution in [0.5, 0.6) is 0 Å². The molecule has 0 aliphatic rings. The SMILES string of the molecule is CCn1ncc(Cl)c1C(NN)c1cccc(F)c1Cl. The maximum atomic E-state index is 13.5. The van der Waals surface area contributed by atoms with Crippen molar-refractivity contribution in [3.63, 3.8) is 0 Å². The summed E-state index contributed by atoms with van der Waals surface area (Å²) in [5, 5.41) is 4.60. The summed E-state index contributed by atoms with van der Waals surface area (Å²) in [6.07, 6.45) is 1.53. The van der Waals surface area contributed by atoms with Crippen molar-refractivity contribution >= 4 is 23.2 Å². The van der Waals surface area contributed by atoms with Gasteiger partial charge in [-0.25, -0.2) is 9.82 Å². The molecule has 1 heterocycles. The van der Waals surface area contributed by atoms with Crippen molar-refractivity contribution in [2.75, 3.05) is 0 Å². The van der Waals surface area contributed by atoms with Gasteiger partial charge >= 0.3 is 0 Å². The molecule has 102 valence electrons. The molecule has 0 saturated carbocycles. The van der Waals surface area contributed by atoms with Gasteiger partial charge in [0.2, 0.25) is 0 Å². The maximum Gasteiger partial charge on any atom is 0.142 e. The summed E-state index contributed by atoms with van der Waals surface area (Å²) in [7, 11) is 0. The van der Waals surface area contributed by atoms with Gasteiger partial charge in [-0.05, 0) is 18.6 Å². The Kier molecular flexibility index (Phi) is 4.42. The molecular weight excluding hydrogens is 290 g/mol. The quantitative estimate of drug-likeness (QED) is 0.674. The molecule has 1 atom stereocenters. The van der Waals surface area contributed by atoms with Crippen molar-refractivity contribution in [2.24, 2.45) is 5.84 Å². The van der Waals surface area contributed by atoms with Gasteiger partial charge in [0.15, 0.2) is 0 Å². The molecule has 1 aromatic heterocycles. The van der Waals surface area contributed by atoms with Crippen molar-refractivity contribution in [2.45, 2.75) is 19.5 Å². The van der Waals surface area contributed by atoms with Crippen LogP contribution in [-0.2, 0) is 6.54 Å². The number of aryl methyl sites for hydroxylation is 1. The van der Waals surface area contributed by atoms with Crippen molar-refractivity contribution in [3.05, 3.63) is 51.5 Å². The molecule has 19 heavy (non-hydrogen) atoms. The first kappa shape index (κ1) is 14.3. The van der Waals surface area contributed by atoms with Gasteiger partial charge in [0.1, 0.15) is 5.82 Å². The van der Waals surface area contributed by atoms with Crippen molar-refractivity contribution in [1.29, 1.82) is 0 Å². The fraction of sp³-hybridized carbons (Fsp3) is 0.250. The molecule has 0 radical (unpaired) electrons. The molecule has 0 fully saturated rings. The van der Waals surface area contributed by atoms with E-state index in [4.69, 9.17) is 29.0 Å². The van der Waals surface area contributed by atoms with E-state index in [0.717, 1.165) is 0 Å². The van der Waals surface area contributed by atoms with Crippen molar-refractivity contribution in [1.82, 2.24) is 15.2 Å². The molecule has 4 nitrogen and oxygen atoms in total. The number of hydrogen-bond acceptors (Lipinski definition) is 3. The number of nitrogens with two attached hydrogens (primary N) is 1. The minimum absolute atomic E-state index is 0.0189. The van der Waals surface area contributed by atoms with E-state index in [2.05, 4.69) is 10.5 Å². The highest BCUT2D eigenvalue weighted by Crippen LogP contribution is 2.32. The molecule has 2 rings (SSSR count). The average molecular weight is 303 g/mol. The topological polar surface area (TPSA) is 55.9 Å². The third kappa shape index (κ3) is 2.60. The number of rotatable bonds is 4. The van der Waals surface area contributed by atoms with Gasteiger partial charge < -0.3 is 0 Å². The molecule has 1 unspecified atom stereocenters. The van der Waals surface area contributed by atoms with E-state index in [1.807, 2.05) is 6.92 Å². The van der Waals surface area contributed by atoms with Crippen LogP contribution in [0.4, 0.5) is 4.39 Å². The van der Waals surface area contributed by atoms with Crippen LogP contribution < -0.4 is 11.3 Å².